The number of benzene rings is 1. The molecular formula is C17H16N4O4S. The van der Waals surface area contributed by atoms with Crippen molar-refractivity contribution in [3.63, 3.8) is 0 Å². The van der Waals surface area contributed by atoms with E-state index in [1.54, 1.807) is 30.5 Å². The molecule has 4 rings (SSSR count). The van der Waals surface area contributed by atoms with Crippen LogP contribution in [-0.2, 0) is 14.8 Å². The minimum atomic E-state index is -3.86. The second kappa shape index (κ2) is 6.60. The molecule has 2 atom stereocenters. The fraction of sp³-hybridized carbons (Fsp3) is 0.235. The van der Waals surface area contributed by atoms with Gasteiger partial charge in [0.2, 0.25) is 10.0 Å². The summed E-state index contributed by atoms with van der Waals surface area (Å²) in [6.45, 7) is 0.364. The van der Waals surface area contributed by atoms with Gasteiger partial charge in [0.15, 0.2) is 0 Å². The van der Waals surface area contributed by atoms with E-state index in [1.807, 2.05) is 0 Å². The zero-order chi connectivity index (χ0) is 18.1. The van der Waals surface area contributed by atoms with Crippen molar-refractivity contribution in [3.8, 4) is 0 Å². The van der Waals surface area contributed by atoms with Crippen LogP contribution in [0.4, 0.5) is 0 Å². The normalized spacial score (nSPS) is 20.5. The molecule has 0 radical (unpaired) electrons. The molecular weight excluding hydrogens is 356 g/mol. The average Bonchev–Trinajstić information content (AvgIpc) is 3.08. The van der Waals surface area contributed by atoms with Gasteiger partial charge in [-0.05, 0) is 18.2 Å². The predicted octanol–water partition coefficient (Wildman–Crippen LogP) is 0.710. The number of sulfonamides is 1. The molecule has 0 aliphatic carbocycles. The highest BCUT2D eigenvalue weighted by atomic mass is 32.2. The molecule has 0 amide bonds. The summed E-state index contributed by atoms with van der Waals surface area (Å²) >= 11 is 0. The highest BCUT2D eigenvalue weighted by Crippen LogP contribution is 2.23. The molecule has 1 aliphatic heterocycles. The summed E-state index contributed by atoms with van der Waals surface area (Å²) in [7, 11) is -3.86. The summed E-state index contributed by atoms with van der Waals surface area (Å²) in [5, 5.41) is 4.77. The maximum absolute atomic E-state index is 12.9. The van der Waals surface area contributed by atoms with Crippen LogP contribution in [0.25, 0.3) is 10.9 Å². The summed E-state index contributed by atoms with van der Waals surface area (Å²) in [5.74, 6) is 0. The lowest BCUT2D eigenvalue weighted by Crippen LogP contribution is -2.43. The second-order valence-corrected chi connectivity index (χ2v) is 7.65. The smallest absolute Gasteiger partial charge is 0.267 e. The first-order valence-electron chi connectivity index (χ1n) is 8.04. The van der Waals surface area contributed by atoms with Gasteiger partial charge in [0, 0.05) is 23.8 Å². The zero-order valence-electron chi connectivity index (χ0n) is 13.6. The lowest BCUT2D eigenvalue weighted by atomic mass is 10.2. The van der Waals surface area contributed by atoms with E-state index in [-0.39, 0.29) is 23.7 Å². The van der Waals surface area contributed by atoms with Crippen molar-refractivity contribution in [1.82, 2.24) is 19.5 Å². The van der Waals surface area contributed by atoms with Crippen LogP contribution < -0.4 is 10.3 Å². The molecule has 2 unspecified atom stereocenters. The molecule has 1 aromatic carbocycles. The van der Waals surface area contributed by atoms with E-state index in [0.717, 1.165) is 5.39 Å². The van der Waals surface area contributed by atoms with Gasteiger partial charge in [-0.1, -0.05) is 18.2 Å². The average molecular weight is 372 g/mol. The summed E-state index contributed by atoms with van der Waals surface area (Å²) in [4.78, 5) is 16.3. The van der Waals surface area contributed by atoms with E-state index in [9.17, 15) is 13.2 Å². The van der Waals surface area contributed by atoms with Crippen molar-refractivity contribution >= 4 is 20.9 Å². The van der Waals surface area contributed by atoms with Crippen LogP contribution in [0.2, 0.25) is 0 Å². The molecule has 3 aromatic rings. The number of nitrogens with zero attached hydrogens (tertiary/aromatic N) is 3. The first-order valence-corrected chi connectivity index (χ1v) is 9.52. The fourth-order valence-electron chi connectivity index (χ4n) is 3.07. The summed E-state index contributed by atoms with van der Waals surface area (Å²) < 4.78 is 35.2. The molecule has 1 saturated heterocycles. The van der Waals surface area contributed by atoms with Crippen LogP contribution in [0, 0.1) is 0 Å². The number of ether oxygens (including phenoxy) is 1. The number of rotatable bonds is 4. The van der Waals surface area contributed by atoms with Crippen molar-refractivity contribution in [2.45, 2.75) is 17.0 Å². The van der Waals surface area contributed by atoms with E-state index < -0.39 is 22.1 Å². The molecule has 1 fully saturated rings. The Kier molecular flexibility index (Phi) is 4.27. The Bertz CT molecular complexity index is 1110. The summed E-state index contributed by atoms with van der Waals surface area (Å²) in [5.41, 5.74) is 0.0898. The lowest BCUT2D eigenvalue weighted by molar-refractivity contribution is 0.181. The van der Waals surface area contributed by atoms with Crippen molar-refractivity contribution in [2.75, 3.05) is 13.2 Å². The maximum atomic E-state index is 12.9. The predicted molar refractivity (Wildman–Crippen MR) is 94.2 cm³/mol. The van der Waals surface area contributed by atoms with Crippen molar-refractivity contribution in [2.24, 2.45) is 0 Å². The molecule has 26 heavy (non-hydrogen) atoms. The highest BCUT2D eigenvalue weighted by molar-refractivity contribution is 7.89. The van der Waals surface area contributed by atoms with E-state index in [4.69, 9.17) is 4.74 Å². The standard InChI is InChI=1S/C17H16N4O4S/c22-16-7-3-9-19-21(16)14-11-25-10-13(14)20-26(23,24)15-6-1-4-12-5-2-8-18-17(12)15/h1-9,13-14,20H,10-11H2. The topological polar surface area (TPSA) is 103 Å². The Labute approximate surface area is 149 Å². The van der Waals surface area contributed by atoms with Gasteiger partial charge in [0.25, 0.3) is 5.56 Å². The molecule has 134 valence electrons. The third-order valence-electron chi connectivity index (χ3n) is 4.30. The van der Waals surface area contributed by atoms with Crippen molar-refractivity contribution in [3.05, 3.63) is 65.2 Å². The van der Waals surface area contributed by atoms with Gasteiger partial charge in [-0.15, -0.1) is 0 Å². The van der Waals surface area contributed by atoms with Crippen molar-refractivity contribution in [1.29, 1.82) is 0 Å². The van der Waals surface area contributed by atoms with Crippen LogP contribution in [0.1, 0.15) is 6.04 Å². The van der Waals surface area contributed by atoms with Gasteiger partial charge in [-0.2, -0.15) is 5.10 Å². The largest absolute Gasteiger partial charge is 0.377 e. The molecule has 3 heterocycles. The Morgan fingerprint density at radius 1 is 1.08 bits per heavy atom. The van der Waals surface area contributed by atoms with Crippen LogP contribution in [-0.4, -0.2) is 42.4 Å². The monoisotopic (exact) mass is 372 g/mol. The minimum absolute atomic E-state index is 0.0922. The summed E-state index contributed by atoms with van der Waals surface area (Å²) in [6, 6.07) is 10.3. The molecule has 0 bridgehead atoms. The number of nitrogens with one attached hydrogen (secondary N) is 1. The van der Waals surface area contributed by atoms with Gasteiger partial charge in [-0.25, -0.2) is 17.8 Å². The molecule has 2 aromatic heterocycles. The van der Waals surface area contributed by atoms with Crippen LogP contribution in [0.15, 0.2) is 64.5 Å². The third kappa shape index (κ3) is 3.00. The Morgan fingerprint density at radius 3 is 2.73 bits per heavy atom. The van der Waals surface area contributed by atoms with Crippen LogP contribution in [0.3, 0.4) is 0 Å². The fourth-order valence-corrected chi connectivity index (χ4v) is 4.50. The first-order chi connectivity index (χ1) is 12.6. The molecule has 0 spiro atoms. The van der Waals surface area contributed by atoms with E-state index >= 15 is 0 Å². The molecule has 8 nitrogen and oxygen atoms in total. The Balaban J connectivity index is 1.69. The maximum Gasteiger partial charge on any atom is 0.267 e. The van der Waals surface area contributed by atoms with Crippen LogP contribution in [0.5, 0.6) is 0 Å². The van der Waals surface area contributed by atoms with Gasteiger partial charge in [0.1, 0.15) is 4.90 Å². The number of fused-ring (bicyclic) bond motifs is 1. The lowest BCUT2D eigenvalue weighted by Gasteiger charge is -2.20. The minimum Gasteiger partial charge on any atom is -0.377 e. The Hall–Kier alpha value is -2.62. The SMILES string of the molecule is O=c1cccnn1C1COCC1NS(=O)(=O)c1cccc2cccnc12. The van der Waals surface area contributed by atoms with E-state index in [0.29, 0.717) is 5.52 Å². The molecule has 0 saturated carbocycles. The third-order valence-corrected chi connectivity index (χ3v) is 5.82. The van der Waals surface area contributed by atoms with Gasteiger partial charge in [-0.3, -0.25) is 9.78 Å². The highest BCUT2D eigenvalue weighted by Gasteiger charge is 2.35. The number of para-hydroxylation sites is 1. The number of aromatic nitrogens is 3. The Morgan fingerprint density at radius 2 is 1.88 bits per heavy atom. The van der Waals surface area contributed by atoms with E-state index in [1.165, 1.54) is 29.1 Å². The van der Waals surface area contributed by atoms with Gasteiger partial charge in [0.05, 0.1) is 30.8 Å². The quantitative estimate of drug-likeness (QED) is 0.723. The van der Waals surface area contributed by atoms with E-state index in [2.05, 4.69) is 14.8 Å². The molecule has 1 aliphatic rings. The number of hydrogen-bond acceptors (Lipinski definition) is 6. The van der Waals surface area contributed by atoms with Gasteiger partial charge < -0.3 is 4.74 Å². The zero-order valence-corrected chi connectivity index (χ0v) is 14.5. The summed E-state index contributed by atoms with van der Waals surface area (Å²) in [6.07, 6.45) is 3.04. The van der Waals surface area contributed by atoms with Crippen LogP contribution >= 0.6 is 0 Å². The second-order valence-electron chi connectivity index (χ2n) is 5.97. The van der Waals surface area contributed by atoms with Gasteiger partial charge >= 0.3 is 0 Å². The first kappa shape index (κ1) is 16.8. The van der Waals surface area contributed by atoms with Crippen molar-refractivity contribution < 1.29 is 13.2 Å². The molecule has 1 N–H and O–H groups in total. The molecule has 9 heteroatoms. The number of pyridine rings is 1. The number of hydrogen-bond donors (Lipinski definition) is 1.